The number of carbonyl (C=O) groups excluding carboxylic acids is 2. The number of carbonyl (C=O) groups is 2. The molecule has 1 fully saturated rings. The Bertz CT molecular complexity index is 900. The Morgan fingerprint density at radius 3 is 2.85 bits per heavy atom. The molecule has 2 aliphatic heterocycles. The predicted molar refractivity (Wildman–Crippen MR) is 89.9 cm³/mol. The van der Waals surface area contributed by atoms with Gasteiger partial charge in [0.1, 0.15) is 23.3 Å². The lowest BCUT2D eigenvalue weighted by molar-refractivity contribution is -0.130. The van der Waals surface area contributed by atoms with Crippen molar-refractivity contribution < 1.29 is 23.1 Å². The van der Waals surface area contributed by atoms with E-state index in [-0.39, 0.29) is 11.6 Å². The third-order valence-electron chi connectivity index (χ3n) is 4.79. The van der Waals surface area contributed by atoms with E-state index < -0.39 is 29.4 Å². The van der Waals surface area contributed by atoms with E-state index in [2.05, 4.69) is 10.6 Å². The zero-order valence-corrected chi connectivity index (χ0v) is 13.7. The largest absolute Gasteiger partial charge is 0.493 e. The molecular weight excluding hydrogens is 342 g/mol. The van der Waals surface area contributed by atoms with Crippen LogP contribution in [0.5, 0.6) is 5.75 Å². The first-order valence-corrected chi connectivity index (χ1v) is 8.32. The number of nitrogens with one attached hydrogen (secondary N) is 2. The molecule has 5 nitrogen and oxygen atoms in total. The lowest BCUT2D eigenvalue weighted by atomic mass is 9.87. The molecule has 2 aromatic rings. The van der Waals surface area contributed by atoms with Crippen LogP contribution in [0.2, 0.25) is 0 Å². The van der Waals surface area contributed by atoms with Gasteiger partial charge in [-0.05, 0) is 29.3 Å². The van der Waals surface area contributed by atoms with E-state index in [1.165, 1.54) is 0 Å². The minimum Gasteiger partial charge on any atom is -0.493 e. The number of rotatable bonds is 3. The van der Waals surface area contributed by atoms with Crippen molar-refractivity contribution >= 4 is 17.5 Å². The molecule has 4 rings (SSSR count). The van der Waals surface area contributed by atoms with Crippen LogP contribution in [-0.4, -0.2) is 25.0 Å². The van der Waals surface area contributed by atoms with Crippen molar-refractivity contribution in [2.45, 2.75) is 12.3 Å². The number of amides is 2. The van der Waals surface area contributed by atoms with Gasteiger partial charge in [-0.3, -0.25) is 9.59 Å². The van der Waals surface area contributed by atoms with Gasteiger partial charge in [-0.1, -0.05) is 12.1 Å². The zero-order valence-electron chi connectivity index (χ0n) is 13.7. The molecule has 0 radical (unpaired) electrons. The lowest BCUT2D eigenvalue weighted by Gasteiger charge is -2.18. The van der Waals surface area contributed by atoms with Gasteiger partial charge in [0.15, 0.2) is 0 Å². The summed E-state index contributed by atoms with van der Waals surface area (Å²) < 4.78 is 32.3. The van der Waals surface area contributed by atoms with Crippen molar-refractivity contribution in [2.24, 2.45) is 5.92 Å². The summed E-state index contributed by atoms with van der Waals surface area (Å²) >= 11 is 0. The summed E-state index contributed by atoms with van der Waals surface area (Å²) in [6.07, 6.45) is 0.787. The maximum absolute atomic E-state index is 13.8. The first kappa shape index (κ1) is 16.5. The average Bonchev–Trinajstić information content (AvgIpc) is 3.22. The van der Waals surface area contributed by atoms with Gasteiger partial charge in [0.25, 0.3) is 0 Å². The Hall–Kier alpha value is -2.96. The van der Waals surface area contributed by atoms with Gasteiger partial charge in [-0.2, -0.15) is 0 Å². The fourth-order valence-electron chi connectivity index (χ4n) is 3.47. The van der Waals surface area contributed by atoms with Crippen LogP contribution in [0.3, 0.4) is 0 Å². The molecule has 1 saturated heterocycles. The van der Waals surface area contributed by atoms with Crippen molar-refractivity contribution in [2.75, 3.05) is 18.5 Å². The predicted octanol–water partition coefficient (Wildman–Crippen LogP) is 2.37. The summed E-state index contributed by atoms with van der Waals surface area (Å²) in [4.78, 5) is 24.8. The lowest BCUT2D eigenvalue weighted by Crippen LogP contribution is -2.32. The second kappa shape index (κ2) is 6.40. The minimum atomic E-state index is -0.986. The Balaban J connectivity index is 1.59. The fourth-order valence-corrected chi connectivity index (χ4v) is 3.47. The molecule has 0 aliphatic carbocycles. The summed E-state index contributed by atoms with van der Waals surface area (Å²) in [6.45, 7) is 0.941. The van der Waals surface area contributed by atoms with E-state index in [1.54, 1.807) is 0 Å². The van der Waals surface area contributed by atoms with E-state index in [0.717, 1.165) is 35.4 Å². The second-order valence-electron chi connectivity index (χ2n) is 6.41. The molecule has 2 amide bonds. The molecule has 134 valence electrons. The number of halogens is 2. The van der Waals surface area contributed by atoms with Gasteiger partial charge in [0, 0.05) is 24.9 Å². The van der Waals surface area contributed by atoms with Crippen molar-refractivity contribution in [3.63, 3.8) is 0 Å². The van der Waals surface area contributed by atoms with Crippen LogP contribution < -0.4 is 15.4 Å². The van der Waals surface area contributed by atoms with Crippen LogP contribution in [0.1, 0.15) is 17.0 Å². The summed E-state index contributed by atoms with van der Waals surface area (Å²) in [6, 6.07) is 8.50. The van der Waals surface area contributed by atoms with Crippen LogP contribution >= 0.6 is 0 Å². The highest BCUT2D eigenvalue weighted by Crippen LogP contribution is 2.34. The number of hydrogen-bond acceptors (Lipinski definition) is 3. The van der Waals surface area contributed by atoms with E-state index in [1.807, 2.05) is 18.2 Å². The molecule has 2 aromatic carbocycles. The van der Waals surface area contributed by atoms with E-state index in [4.69, 9.17) is 4.74 Å². The molecule has 0 aromatic heterocycles. The third kappa shape index (κ3) is 2.89. The van der Waals surface area contributed by atoms with Crippen molar-refractivity contribution in [3.8, 4) is 5.75 Å². The number of hydrogen-bond donors (Lipinski definition) is 2. The van der Waals surface area contributed by atoms with Crippen molar-refractivity contribution in [1.82, 2.24) is 5.32 Å². The van der Waals surface area contributed by atoms with Gasteiger partial charge in [0.05, 0.1) is 12.3 Å². The highest BCUT2D eigenvalue weighted by atomic mass is 19.1. The Morgan fingerprint density at radius 2 is 2.04 bits per heavy atom. The Kier molecular flexibility index (Phi) is 4.06. The molecule has 0 unspecified atom stereocenters. The minimum absolute atomic E-state index is 0.155. The molecule has 26 heavy (non-hydrogen) atoms. The summed E-state index contributed by atoms with van der Waals surface area (Å²) in [5, 5.41) is 5.09. The second-order valence-corrected chi connectivity index (χ2v) is 6.41. The number of anilines is 1. The molecular formula is C19H16F2N2O3. The third-order valence-corrected chi connectivity index (χ3v) is 4.79. The molecule has 2 N–H and O–H groups in total. The van der Waals surface area contributed by atoms with Crippen LogP contribution in [-0.2, 0) is 16.0 Å². The number of ether oxygens (including phenoxy) is 1. The smallest absolute Gasteiger partial charge is 0.237 e. The van der Waals surface area contributed by atoms with Gasteiger partial charge in [-0.25, -0.2) is 8.78 Å². The molecule has 0 spiro atoms. The fraction of sp³-hybridized carbons (Fsp3) is 0.263. The Labute approximate surface area is 148 Å². The summed E-state index contributed by atoms with van der Waals surface area (Å²) in [7, 11) is 0. The first-order valence-electron chi connectivity index (χ1n) is 8.32. The molecule has 2 atom stereocenters. The molecule has 7 heteroatoms. The monoisotopic (exact) mass is 358 g/mol. The van der Waals surface area contributed by atoms with Gasteiger partial charge < -0.3 is 15.4 Å². The van der Waals surface area contributed by atoms with E-state index in [9.17, 15) is 18.4 Å². The van der Waals surface area contributed by atoms with Crippen LogP contribution in [0.4, 0.5) is 14.5 Å². The van der Waals surface area contributed by atoms with Crippen LogP contribution in [0.15, 0.2) is 36.4 Å². The quantitative estimate of drug-likeness (QED) is 0.828. The van der Waals surface area contributed by atoms with Crippen LogP contribution in [0, 0.1) is 17.6 Å². The molecule has 0 saturated carbocycles. The van der Waals surface area contributed by atoms with Gasteiger partial charge in [-0.15, -0.1) is 0 Å². The Morgan fingerprint density at radius 1 is 1.19 bits per heavy atom. The van der Waals surface area contributed by atoms with Gasteiger partial charge >= 0.3 is 0 Å². The first-order chi connectivity index (χ1) is 12.5. The highest BCUT2D eigenvalue weighted by Gasteiger charge is 2.41. The van der Waals surface area contributed by atoms with Crippen molar-refractivity contribution in [1.29, 1.82) is 0 Å². The SMILES string of the molecule is O=C1NC[C@H](c2ccc3c(c2)CCO3)[C@H]1C(=O)Nc1ccc(F)cc1F. The average molecular weight is 358 g/mol. The van der Waals surface area contributed by atoms with Crippen LogP contribution in [0.25, 0.3) is 0 Å². The zero-order chi connectivity index (χ0) is 18.3. The topological polar surface area (TPSA) is 67.4 Å². The molecule has 0 bridgehead atoms. The number of benzene rings is 2. The number of fused-ring (bicyclic) bond motifs is 1. The van der Waals surface area contributed by atoms with E-state index >= 15 is 0 Å². The van der Waals surface area contributed by atoms with Gasteiger partial charge in [0.2, 0.25) is 11.8 Å². The molecule has 2 heterocycles. The molecule has 2 aliphatic rings. The summed E-state index contributed by atoms with van der Waals surface area (Å²) in [5.41, 5.74) is 1.75. The maximum Gasteiger partial charge on any atom is 0.237 e. The highest BCUT2D eigenvalue weighted by molar-refractivity contribution is 6.08. The summed E-state index contributed by atoms with van der Waals surface area (Å²) in [5.74, 6) is -3.18. The normalized spacial score (nSPS) is 21.1. The van der Waals surface area contributed by atoms with Crippen molar-refractivity contribution in [3.05, 3.63) is 59.2 Å². The maximum atomic E-state index is 13.8. The van der Waals surface area contributed by atoms with E-state index in [0.29, 0.717) is 19.2 Å². The standard InChI is InChI=1S/C19H16F2N2O3/c20-12-2-3-15(14(21)8-12)23-19(25)17-13(9-22-18(17)24)10-1-4-16-11(7-10)5-6-26-16/h1-4,7-8,13,17H,5-6,9H2,(H,22,24)(H,23,25)/t13-,17-/m1/s1.